The first-order chi connectivity index (χ1) is 21.0. The summed E-state index contributed by atoms with van der Waals surface area (Å²) in [6.07, 6.45) is -1.03. The maximum absolute atomic E-state index is 12.9. The number of fused-ring (bicyclic) bond motifs is 1. The van der Waals surface area contributed by atoms with Gasteiger partial charge in [-0.25, -0.2) is 17.9 Å². The van der Waals surface area contributed by atoms with Gasteiger partial charge >= 0.3 is 18.1 Å². The van der Waals surface area contributed by atoms with E-state index in [1.807, 2.05) is 24.3 Å². The van der Waals surface area contributed by atoms with Crippen molar-refractivity contribution in [3.8, 4) is 11.5 Å². The lowest BCUT2D eigenvalue weighted by atomic mass is 9.68. The molecule has 1 aliphatic heterocycles. The molecular weight excluding hydrogens is 639 g/mol. The first-order valence-electron chi connectivity index (χ1n) is 15.0. The van der Waals surface area contributed by atoms with Gasteiger partial charge in [0.2, 0.25) is 10.0 Å². The number of carbonyl (C=O) groups is 1. The summed E-state index contributed by atoms with van der Waals surface area (Å²) in [7, 11) is -4.35. The molecule has 2 aromatic rings. The van der Waals surface area contributed by atoms with Gasteiger partial charge in [-0.05, 0) is 60.6 Å². The van der Waals surface area contributed by atoms with Crippen molar-refractivity contribution < 1.29 is 45.4 Å². The number of phenolic OH excluding ortho intramolecular Hbond substituents is 2. The molecule has 0 bridgehead atoms. The molecule has 2 amide bonds. The smallest absolute Gasteiger partial charge is 0.453 e. The molecule has 0 unspecified atom stereocenters. The minimum Gasteiger partial charge on any atom is -0.508 e. The van der Waals surface area contributed by atoms with E-state index < -0.39 is 46.7 Å². The van der Waals surface area contributed by atoms with Crippen LogP contribution < -0.4 is 10.0 Å². The van der Waals surface area contributed by atoms with E-state index >= 15 is 0 Å². The number of nitrogens with one attached hydrogen (secondary N) is 2. The van der Waals surface area contributed by atoms with Crippen LogP contribution in [0.1, 0.15) is 88.2 Å². The molecule has 1 aliphatic rings. The molecular formula is C31H41F5N2O5S2. The number of phenols is 2. The molecule has 45 heavy (non-hydrogen) atoms. The van der Waals surface area contributed by atoms with Gasteiger partial charge in [-0.3, -0.25) is 0 Å². The molecule has 0 radical (unpaired) electrons. The quantitative estimate of drug-likeness (QED) is 0.106. The minimum absolute atomic E-state index is 0.136. The number of amides is 2. The van der Waals surface area contributed by atoms with E-state index in [0.29, 0.717) is 6.42 Å². The van der Waals surface area contributed by atoms with E-state index in [-0.39, 0.29) is 29.4 Å². The van der Waals surface area contributed by atoms with Crippen molar-refractivity contribution in [2.45, 2.75) is 99.5 Å². The van der Waals surface area contributed by atoms with E-state index in [1.165, 1.54) is 11.1 Å². The van der Waals surface area contributed by atoms with Crippen molar-refractivity contribution >= 4 is 27.8 Å². The summed E-state index contributed by atoms with van der Waals surface area (Å²) in [6.45, 7) is 2.45. The van der Waals surface area contributed by atoms with Crippen molar-refractivity contribution in [1.29, 1.82) is 0 Å². The van der Waals surface area contributed by atoms with E-state index in [0.717, 1.165) is 55.6 Å². The number of urea groups is 1. The fourth-order valence-corrected chi connectivity index (χ4v) is 8.01. The summed E-state index contributed by atoms with van der Waals surface area (Å²) in [5.74, 6) is -4.43. The molecule has 2 aromatic carbocycles. The Morgan fingerprint density at radius 1 is 0.911 bits per heavy atom. The average Bonchev–Trinajstić information content (AvgIpc) is 2.94. The molecule has 0 spiro atoms. The molecule has 0 fully saturated rings. The Morgan fingerprint density at radius 3 is 2.16 bits per heavy atom. The van der Waals surface area contributed by atoms with Gasteiger partial charge in [0.15, 0.2) is 0 Å². The van der Waals surface area contributed by atoms with Crippen LogP contribution in [-0.4, -0.2) is 54.8 Å². The third kappa shape index (κ3) is 10.7. The SMILES string of the molecule is C[C@@]1(c2ccc(O)cc2)CSc2cc(O)ccc2[C@H]1CCCCCCCCCNC(=O)NS(=O)(=O)CCCC(F)(F)C(F)(F)F. The van der Waals surface area contributed by atoms with Gasteiger partial charge in [-0.15, -0.1) is 11.8 Å². The highest BCUT2D eigenvalue weighted by atomic mass is 32.2. The molecule has 1 heterocycles. The fourth-order valence-electron chi connectivity index (χ4n) is 5.62. The van der Waals surface area contributed by atoms with Crippen LogP contribution in [0.3, 0.4) is 0 Å². The Balaban J connectivity index is 1.33. The van der Waals surface area contributed by atoms with E-state index in [9.17, 15) is 45.4 Å². The minimum atomic E-state index is -5.76. The molecule has 4 N–H and O–H groups in total. The van der Waals surface area contributed by atoms with Crippen molar-refractivity contribution in [1.82, 2.24) is 10.0 Å². The lowest BCUT2D eigenvalue weighted by Crippen LogP contribution is -2.41. The fraction of sp³-hybridized carbons (Fsp3) is 0.581. The van der Waals surface area contributed by atoms with Crippen LogP contribution in [-0.2, 0) is 15.4 Å². The second-order valence-electron chi connectivity index (χ2n) is 11.8. The molecule has 7 nitrogen and oxygen atoms in total. The summed E-state index contributed by atoms with van der Waals surface area (Å²) in [5.41, 5.74) is 2.26. The van der Waals surface area contributed by atoms with Crippen LogP contribution in [0.4, 0.5) is 26.7 Å². The molecule has 0 saturated heterocycles. The predicted molar refractivity (Wildman–Crippen MR) is 165 cm³/mol. The van der Waals surface area contributed by atoms with Crippen molar-refractivity contribution in [3.63, 3.8) is 0 Å². The van der Waals surface area contributed by atoms with Gasteiger partial charge in [-0.1, -0.05) is 63.6 Å². The van der Waals surface area contributed by atoms with Crippen LogP contribution in [0.2, 0.25) is 0 Å². The maximum atomic E-state index is 12.9. The van der Waals surface area contributed by atoms with Crippen LogP contribution in [0.15, 0.2) is 47.4 Å². The Hall–Kier alpha value is -2.74. The van der Waals surface area contributed by atoms with E-state index in [2.05, 4.69) is 12.2 Å². The number of aromatic hydroxyl groups is 2. The van der Waals surface area contributed by atoms with Gasteiger partial charge in [0.25, 0.3) is 0 Å². The number of thioether (sulfide) groups is 1. The lowest BCUT2D eigenvalue weighted by Gasteiger charge is -2.43. The first kappa shape index (κ1) is 36.7. The zero-order valence-corrected chi connectivity index (χ0v) is 26.8. The summed E-state index contributed by atoms with van der Waals surface area (Å²) in [6, 6.07) is 11.9. The first-order valence-corrected chi connectivity index (χ1v) is 17.7. The highest BCUT2D eigenvalue weighted by Crippen LogP contribution is 2.52. The highest BCUT2D eigenvalue weighted by molar-refractivity contribution is 7.99. The summed E-state index contributed by atoms with van der Waals surface area (Å²) >= 11 is 1.74. The van der Waals surface area contributed by atoms with Crippen LogP contribution in [0.5, 0.6) is 11.5 Å². The number of rotatable bonds is 16. The Bertz CT molecular complexity index is 1370. The summed E-state index contributed by atoms with van der Waals surface area (Å²) < 4.78 is 87.7. The Labute approximate surface area is 265 Å². The predicted octanol–water partition coefficient (Wildman–Crippen LogP) is 7.97. The van der Waals surface area contributed by atoms with Gasteiger partial charge in [0, 0.05) is 29.0 Å². The van der Waals surface area contributed by atoms with Gasteiger partial charge in [0.05, 0.1) is 5.75 Å². The number of carbonyl (C=O) groups excluding carboxylic acids is 1. The standard InChI is InChI=1S/C31H41F5N2O5S2/c1-29(22-11-13-23(39)14-12-22)21-44-27-20-24(40)15-16-25(27)26(29)10-7-5-3-2-4-6-8-18-37-28(41)38-45(42,43)19-9-17-30(32,33)31(34,35)36/h11-16,20,26,39-40H,2-10,17-19,21H2,1H3,(H2,37,38,41)/t26-,29+/m1/s1. The summed E-state index contributed by atoms with van der Waals surface area (Å²) in [5, 5.41) is 22.2. The number of sulfonamides is 1. The highest BCUT2D eigenvalue weighted by Gasteiger charge is 2.56. The lowest BCUT2D eigenvalue weighted by molar-refractivity contribution is -0.284. The maximum Gasteiger partial charge on any atom is 0.453 e. The van der Waals surface area contributed by atoms with E-state index in [1.54, 1.807) is 34.7 Å². The van der Waals surface area contributed by atoms with Gasteiger partial charge in [-0.2, -0.15) is 22.0 Å². The molecule has 2 atom stereocenters. The number of halogens is 5. The number of hydrogen-bond acceptors (Lipinski definition) is 6. The molecule has 0 aromatic heterocycles. The zero-order valence-electron chi connectivity index (χ0n) is 25.1. The van der Waals surface area contributed by atoms with Crippen LogP contribution in [0.25, 0.3) is 0 Å². The third-order valence-electron chi connectivity index (χ3n) is 8.22. The van der Waals surface area contributed by atoms with Crippen LogP contribution in [0, 0.1) is 0 Å². The number of unbranched alkanes of at least 4 members (excludes halogenated alkanes) is 6. The van der Waals surface area contributed by atoms with Crippen LogP contribution >= 0.6 is 11.8 Å². The number of benzene rings is 2. The number of alkyl halides is 5. The Morgan fingerprint density at radius 2 is 1.51 bits per heavy atom. The van der Waals surface area contributed by atoms with Gasteiger partial charge < -0.3 is 15.5 Å². The largest absolute Gasteiger partial charge is 0.508 e. The second kappa shape index (κ2) is 15.7. The van der Waals surface area contributed by atoms with E-state index in [4.69, 9.17) is 0 Å². The second-order valence-corrected chi connectivity index (χ2v) is 14.6. The zero-order chi connectivity index (χ0) is 33.3. The van der Waals surface area contributed by atoms with Crippen molar-refractivity contribution in [2.24, 2.45) is 0 Å². The third-order valence-corrected chi connectivity index (χ3v) is 10.9. The van der Waals surface area contributed by atoms with Crippen molar-refractivity contribution in [2.75, 3.05) is 18.1 Å². The molecule has 0 saturated carbocycles. The normalized spacial score (nSPS) is 18.8. The molecule has 3 rings (SSSR count). The van der Waals surface area contributed by atoms with Gasteiger partial charge in [0.1, 0.15) is 11.5 Å². The monoisotopic (exact) mass is 680 g/mol. The molecule has 14 heteroatoms. The Kier molecular flexibility index (Phi) is 12.8. The summed E-state index contributed by atoms with van der Waals surface area (Å²) in [4.78, 5) is 12.9. The molecule has 0 aliphatic carbocycles. The topological polar surface area (TPSA) is 116 Å². The van der Waals surface area contributed by atoms with Crippen molar-refractivity contribution in [3.05, 3.63) is 53.6 Å². The average molecular weight is 681 g/mol. The molecule has 252 valence electrons. The number of hydrogen-bond donors (Lipinski definition) is 4.